The molecule has 0 aliphatic heterocycles. The molecule has 3 amide bonds. The molecule has 0 unspecified atom stereocenters. The van der Waals surface area contributed by atoms with E-state index < -0.39 is 17.7 Å². The molecule has 0 spiro atoms. The second kappa shape index (κ2) is 11.0. The third-order valence-electron chi connectivity index (χ3n) is 6.10. The number of hydrogen-bond acceptors (Lipinski definition) is 7. The quantitative estimate of drug-likeness (QED) is 0.318. The number of methoxy groups -OCH3 is 1. The molecule has 0 aliphatic carbocycles. The molecule has 0 bridgehead atoms. The average molecular weight is 519 g/mol. The predicted molar refractivity (Wildman–Crippen MR) is 147 cm³/mol. The first-order valence-corrected chi connectivity index (χ1v) is 12.5. The minimum Gasteiger partial charge on any atom is -0.497 e. The van der Waals surface area contributed by atoms with E-state index in [4.69, 9.17) is 25.9 Å². The number of unbranched alkanes of at least 4 members (excludes halogenated alkanes) is 1. The summed E-state index contributed by atoms with van der Waals surface area (Å²) in [6, 6.07) is 14.8. The molecule has 2 aromatic carbocycles. The van der Waals surface area contributed by atoms with Gasteiger partial charge in [0.05, 0.1) is 18.1 Å². The molecule has 2 aromatic heterocycles. The Hall–Kier alpha value is -4.34. The number of fused-ring (bicyclic) bond motifs is 3. The summed E-state index contributed by atoms with van der Waals surface area (Å²) in [6.45, 7) is 5.96. The lowest BCUT2D eigenvalue weighted by molar-refractivity contribution is 0.0326. The molecular weight excluding hydrogens is 484 g/mol. The standard InChI is InChI=1S/C28H34N6O4/c1-28(2,3)38-27(36)34(26(30)35)16-8-7-15-33-22(17-18-11-13-19(37-4)14-12-18)32-23-24(33)20-9-5-6-10-21(20)31-25(23)29/h5-6,9-14H,7-8,15-17H2,1-4H3,(H2,29,31)(H2,30,35). The number of aryl methyl sites for hydroxylation is 1. The Morgan fingerprint density at radius 2 is 1.74 bits per heavy atom. The largest absolute Gasteiger partial charge is 0.497 e. The first-order chi connectivity index (χ1) is 18.1. The minimum atomic E-state index is -0.836. The van der Waals surface area contributed by atoms with Gasteiger partial charge < -0.3 is 25.5 Å². The van der Waals surface area contributed by atoms with Gasteiger partial charge in [0.2, 0.25) is 0 Å². The number of carbonyl (C=O) groups is 2. The Kier molecular flexibility index (Phi) is 7.70. The summed E-state index contributed by atoms with van der Waals surface area (Å²) in [4.78, 5) is 34.7. The van der Waals surface area contributed by atoms with Crippen LogP contribution in [-0.2, 0) is 17.7 Å². The number of imide groups is 1. The second-order valence-electron chi connectivity index (χ2n) is 10.1. The van der Waals surface area contributed by atoms with Crippen LogP contribution < -0.4 is 16.2 Å². The molecule has 38 heavy (non-hydrogen) atoms. The van der Waals surface area contributed by atoms with Gasteiger partial charge in [-0.1, -0.05) is 30.3 Å². The average Bonchev–Trinajstić information content (AvgIpc) is 3.22. The Morgan fingerprint density at radius 1 is 1.03 bits per heavy atom. The van der Waals surface area contributed by atoms with Gasteiger partial charge in [-0.25, -0.2) is 24.5 Å². The van der Waals surface area contributed by atoms with Gasteiger partial charge >= 0.3 is 12.1 Å². The van der Waals surface area contributed by atoms with Crippen molar-refractivity contribution < 1.29 is 19.1 Å². The van der Waals surface area contributed by atoms with Gasteiger partial charge in [0.25, 0.3) is 0 Å². The van der Waals surface area contributed by atoms with Crippen molar-refractivity contribution in [1.82, 2.24) is 19.4 Å². The van der Waals surface area contributed by atoms with Gasteiger partial charge in [0.1, 0.15) is 22.7 Å². The van der Waals surface area contributed by atoms with Crippen LogP contribution >= 0.6 is 0 Å². The maximum absolute atomic E-state index is 12.4. The highest BCUT2D eigenvalue weighted by Gasteiger charge is 2.25. The maximum Gasteiger partial charge on any atom is 0.418 e. The first kappa shape index (κ1) is 26.7. The van der Waals surface area contributed by atoms with Gasteiger partial charge in [-0.3, -0.25) is 0 Å². The van der Waals surface area contributed by atoms with Crippen LogP contribution in [0.5, 0.6) is 5.75 Å². The van der Waals surface area contributed by atoms with Crippen LogP contribution in [0.3, 0.4) is 0 Å². The van der Waals surface area contributed by atoms with Crippen LogP contribution in [0.4, 0.5) is 15.4 Å². The van der Waals surface area contributed by atoms with E-state index in [2.05, 4.69) is 9.55 Å². The van der Waals surface area contributed by atoms with E-state index in [9.17, 15) is 9.59 Å². The van der Waals surface area contributed by atoms with E-state index in [-0.39, 0.29) is 6.54 Å². The smallest absolute Gasteiger partial charge is 0.418 e. The van der Waals surface area contributed by atoms with Crippen LogP contribution in [0.2, 0.25) is 0 Å². The molecule has 4 rings (SSSR count). The lowest BCUT2D eigenvalue weighted by atomic mass is 10.1. The van der Waals surface area contributed by atoms with Crippen LogP contribution in [0.25, 0.3) is 21.9 Å². The van der Waals surface area contributed by atoms with E-state index in [1.165, 1.54) is 0 Å². The summed E-state index contributed by atoms with van der Waals surface area (Å²) in [6.07, 6.45) is 1.02. The zero-order valence-corrected chi connectivity index (χ0v) is 22.2. The van der Waals surface area contributed by atoms with E-state index in [0.29, 0.717) is 37.1 Å². The molecule has 0 fully saturated rings. The summed E-state index contributed by atoms with van der Waals surface area (Å²) in [5.41, 5.74) is 14.5. The highest BCUT2D eigenvalue weighted by molar-refractivity contribution is 6.06. The number of hydrogen-bond donors (Lipinski definition) is 2. The number of carbonyl (C=O) groups excluding carboxylic acids is 2. The highest BCUT2D eigenvalue weighted by atomic mass is 16.6. The van der Waals surface area contributed by atoms with Crippen molar-refractivity contribution in [1.29, 1.82) is 0 Å². The third-order valence-corrected chi connectivity index (χ3v) is 6.10. The van der Waals surface area contributed by atoms with Gasteiger partial charge in [-0.05, 0) is 57.4 Å². The number of ether oxygens (including phenoxy) is 2. The molecule has 200 valence electrons. The summed E-state index contributed by atoms with van der Waals surface area (Å²) >= 11 is 0. The number of rotatable bonds is 8. The molecule has 0 aliphatic rings. The van der Waals surface area contributed by atoms with Crippen LogP contribution in [0.1, 0.15) is 45.0 Å². The van der Waals surface area contributed by atoms with E-state index in [1.807, 2.05) is 48.5 Å². The van der Waals surface area contributed by atoms with Crippen molar-refractivity contribution in [3.8, 4) is 5.75 Å². The number of anilines is 1. The second-order valence-corrected chi connectivity index (χ2v) is 10.1. The number of pyridine rings is 1. The number of para-hydroxylation sites is 1. The molecule has 0 saturated carbocycles. The summed E-state index contributed by atoms with van der Waals surface area (Å²) in [7, 11) is 1.64. The number of nitrogen functional groups attached to an aromatic ring is 1. The number of benzene rings is 2. The van der Waals surface area contributed by atoms with Crippen molar-refractivity contribution in [3.05, 3.63) is 59.9 Å². The number of nitrogens with zero attached hydrogens (tertiary/aromatic N) is 4. The summed E-state index contributed by atoms with van der Waals surface area (Å²) in [5.74, 6) is 2.00. The zero-order valence-electron chi connectivity index (χ0n) is 22.2. The Labute approximate surface area is 221 Å². The fraction of sp³-hybridized carbons (Fsp3) is 0.357. The number of imidazole rings is 1. The van der Waals surface area contributed by atoms with Gasteiger partial charge in [-0.2, -0.15) is 0 Å². The Balaban J connectivity index is 1.62. The van der Waals surface area contributed by atoms with Gasteiger partial charge in [0, 0.05) is 24.9 Å². The zero-order chi connectivity index (χ0) is 27.4. The predicted octanol–water partition coefficient (Wildman–Crippen LogP) is 4.86. The lowest BCUT2D eigenvalue weighted by Gasteiger charge is -2.25. The molecule has 0 radical (unpaired) electrons. The third kappa shape index (κ3) is 5.96. The van der Waals surface area contributed by atoms with Crippen molar-refractivity contribution in [2.24, 2.45) is 5.73 Å². The molecule has 4 N–H and O–H groups in total. The van der Waals surface area contributed by atoms with Crippen molar-refractivity contribution in [3.63, 3.8) is 0 Å². The molecule has 4 aromatic rings. The topological polar surface area (TPSA) is 139 Å². The van der Waals surface area contributed by atoms with Crippen molar-refractivity contribution >= 4 is 39.9 Å². The minimum absolute atomic E-state index is 0.148. The normalized spacial score (nSPS) is 11.6. The van der Waals surface area contributed by atoms with Crippen molar-refractivity contribution in [2.45, 2.75) is 52.2 Å². The number of aromatic nitrogens is 3. The Bertz CT molecular complexity index is 1460. The summed E-state index contributed by atoms with van der Waals surface area (Å²) < 4.78 is 12.8. The molecule has 0 atom stereocenters. The number of urea groups is 1. The molecule has 10 nitrogen and oxygen atoms in total. The van der Waals surface area contributed by atoms with Crippen molar-refractivity contribution in [2.75, 3.05) is 19.4 Å². The lowest BCUT2D eigenvalue weighted by Crippen LogP contribution is -2.44. The first-order valence-electron chi connectivity index (χ1n) is 12.5. The molecule has 0 saturated heterocycles. The van der Waals surface area contributed by atoms with Crippen LogP contribution in [-0.4, -0.2) is 50.8 Å². The summed E-state index contributed by atoms with van der Waals surface area (Å²) in [5, 5.41) is 0.956. The number of amides is 3. The SMILES string of the molecule is COc1ccc(Cc2nc3c(N)nc4ccccc4c3n2CCCCN(C(N)=O)C(=O)OC(C)(C)C)cc1. The number of primary amides is 1. The fourth-order valence-electron chi connectivity index (χ4n) is 4.35. The van der Waals surface area contributed by atoms with E-state index in [0.717, 1.165) is 38.5 Å². The monoisotopic (exact) mass is 518 g/mol. The fourth-order valence-corrected chi connectivity index (χ4v) is 4.35. The molecular formula is C28H34N6O4. The van der Waals surface area contributed by atoms with Crippen LogP contribution in [0, 0.1) is 0 Å². The van der Waals surface area contributed by atoms with E-state index in [1.54, 1.807) is 27.9 Å². The van der Waals surface area contributed by atoms with Gasteiger partial charge in [0.15, 0.2) is 5.82 Å². The van der Waals surface area contributed by atoms with Crippen LogP contribution in [0.15, 0.2) is 48.5 Å². The molecule has 10 heteroatoms. The van der Waals surface area contributed by atoms with Gasteiger partial charge in [-0.15, -0.1) is 0 Å². The molecule has 2 heterocycles. The maximum atomic E-state index is 12.4. The highest BCUT2D eigenvalue weighted by Crippen LogP contribution is 2.30. The number of nitrogens with two attached hydrogens (primary N) is 2. The Morgan fingerprint density at radius 3 is 2.39 bits per heavy atom. The van der Waals surface area contributed by atoms with E-state index >= 15 is 0 Å².